The van der Waals surface area contributed by atoms with Crippen LogP contribution < -0.4 is 5.32 Å². The van der Waals surface area contributed by atoms with Gasteiger partial charge < -0.3 is 4.74 Å². The predicted molar refractivity (Wildman–Crippen MR) is 61.9 cm³/mol. The van der Waals surface area contributed by atoms with E-state index in [4.69, 9.17) is 4.74 Å². The molecule has 0 aromatic carbocycles. The number of nitrogens with zero attached hydrogens (tertiary/aromatic N) is 1. The second kappa shape index (κ2) is 5.72. The molecule has 1 rings (SSSR count). The minimum absolute atomic E-state index is 0.456. The zero-order valence-corrected chi connectivity index (χ0v) is 10.3. The molecule has 0 fully saturated rings. The van der Waals surface area contributed by atoms with Crippen molar-refractivity contribution in [3.8, 4) is 0 Å². The Morgan fingerprint density at radius 3 is 2.82 bits per heavy atom. The van der Waals surface area contributed by atoms with Crippen LogP contribution in [0.15, 0.2) is 18.5 Å². The van der Waals surface area contributed by atoms with Crippen molar-refractivity contribution in [1.82, 2.24) is 10.3 Å². The van der Waals surface area contributed by atoms with E-state index in [-0.39, 0.29) is 0 Å². The van der Waals surface area contributed by atoms with Crippen molar-refractivity contribution in [1.29, 1.82) is 0 Å². The highest BCUT2D eigenvalue weighted by molar-refractivity contribution is 5.81. The van der Waals surface area contributed by atoms with Gasteiger partial charge in [-0.2, -0.15) is 0 Å². The number of esters is 1. The molecular weight excluding hydrogens is 223 g/mol. The fourth-order valence-corrected chi connectivity index (χ4v) is 1.56. The van der Waals surface area contributed by atoms with Crippen molar-refractivity contribution < 1.29 is 13.9 Å². The number of carbonyl (C=O) groups is 1. The fraction of sp³-hybridized carbons (Fsp3) is 0.500. The van der Waals surface area contributed by atoms with E-state index in [1.165, 1.54) is 19.4 Å². The number of halogens is 1. The highest BCUT2D eigenvalue weighted by atomic mass is 19.1. The summed E-state index contributed by atoms with van der Waals surface area (Å²) < 4.78 is 17.9. The molecule has 0 saturated heterocycles. The van der Waals surface area contributed by atoms with Gasteiger partial charge in [0.15, 0.2) is 0 Å². The second-order valence-electron chi connectivity index (χ2n) is 3.94. The monoisotopic (exact) mass is 240 g/mol. The van der Waals surface area contributed by atoms with Crippen LogP contribution in [-0.2, 0) is 15.1 Å². The van der Waals surface area contributed by atoms with Crippen molar-refractivity contribution in [2.24, 2.45) is 0 Å². The number of ether oxygens (including phenoxy) is 1. The predicted octanol–water partition coefficient (Wildman–Crippen LogP) is 1.61. The van der Waals surface area contributed by atoms with Crippen LogP contribution in [0.25, 0.3) is 0 Å². The van der Waals surface area contributed by atoms with Crippen LogP contribution in [0.5, 0.6) is 0 Å². The first-order valence-electron chi connectivity index (χ1n) is 5.49. The molecule has 0 spiro atoms. The average molecular weight is 240 g/mol. The molecule has 4 nitrogen and oxygen atoms in total. The average Bonchev–Trinajstić information content (AvgIpc) is 2.34. The van der Waals surface area contributed by atoms with Crippen molar-refractivity contribution in [2.45, 2.75) is 25.8 Å². The first kappa shape index (κ1) is 13.6. The minimum atomic E-state index is -1.07. The molecule has 0 aliphatic heterocycles. The van der Waals surface area contributed by atoms with E-state index in [9.17, 15) is 9.18 Å². The molecule has 94 valence electrons. The molecule has 1 atom stereocenters. The standard InChI is InChI=1S/C12H17FN2O2/c1-4-5-15-12(2,11(16)17-3)9-6-10(13)8-14-7-9/h6-8,15H,4-5H2,1-3H3. The molecule has 1 N–H and O–H groups in total. The molecule has 0 aliphatic carbocycles. The van der Waals surface area contributed by atoms with E-state index < -0.39 is 17.3 Å². The molecule has 1 aromatic rings. The minimum Gasteiger partial charge on any atom is -0.467 e. The molecule has 0 aliphatic rings. The van der Waals surface area contributed by atoms with E-state index in [2.05, 4.69) is 10.3 Å². The largest absolute Gasteiger partial charge is 0.467 e. The Morgan fingerprint density at radius 1 is 1.59 bits per heavy atom. The Balaban J connectivity index is 3.09. The van der Waals surface area contributed by atoms with Crippen molar-refractivity contribution in [3.63, 3.8) is 0 Å². The highest BCUT2D eigenvalue weighted by Gasteiger charge is 2.36. The Kier molecular flexibility index (Phi) is 4.57. The maximum atomic E-state index is 13.1. The Labute approximate surface area is 100 Å². The number of aromatic nitrogens is 1. The molecule has 17 heavy (non-hydrogen) atoms. The lowest BCUT2D eigenvalue weighted by molar-refractivity contribution is -0.148. The zero-order chi connectivity index (χ0) is 12.9. The first-order valence-corrected chi connectivity index (χ1v) is 5.49. The van der Waals surface area contributed by atoms with Gasteiger partial charge in [0, 0.05) is 11.8 Å². The Bertz CT molecular complexity index is 398. The second-order valence-corrected chi connectivity index (χ2v) is 3.94. The topological polar surface area (TPSA) is 51.2 Å². The van der Waals surface area contributed by atoms with Gasteiger partial charge >= 0.3 is 5.97 Å². The van der Waals surface area contributed by atoms with E-state index in [0.717, 1.165) is 12.6 Å². The Morgan fingerprint density at radius 2 is 2.29 bits per heavy atom. The molecule has 0 amide bonds. The van der Waals surface area contributed by atoms with Crippen molar-refractivity contribution in [2.75, 3.05) is 13.7 Å². The van der Waals surface area contributed by atoms with Crippen LogP contribution in [0.2, 0.25) is 0 Å². The smallest absolute Gasteiger partial charge is 0.330 e. The number of hydrogen-bond donors (Lipinski definition) is 1. The van der Waals surface area contributed by atoms with Crippen LogP contribution in [0, 0.1) is 5.82 Å². The summed E-state index contributed by atoms with van der Waals surface area (Å²) in [5.41, 5.74) is -0.613. The summed E-state index contributed by atoms with van der Waals surface area (Å²) in [6.07, 6.45) is 3.42. The molecule has 0 bridgehead atoms. The number of hydrogen-bond acceptors (Lipinski definition) is 4. The van der Waals surface area contributed by atoms with Crippen molar-refractivity contribution in [3.05, 3.63) is 29.8 Å². The van der Waals surface area contributed by atoms with Gasteiger partial charge in [0.25, 0.3) is 0 Å². The molecule has 1 heterocycles. The molecule has 5 heteroatoms. The third-order valence-corrected chi connectivity index (χ3v) is 2.60. The summed E-state index contributed by atoms with van der Waals surface area (Å²) in [6.45, 7) is 4.27. The third kappa shape index (κ3) is 3.00. The first-order chi connectivity index (χ1) is 8.04. The number of carbonyl (C=O) groups excluding carboxylic acids is 1. The maximum absolute atomic E-state index is 13.1. The molecule has 1 unspecified atom stereocenters. The van der Waals surface area contributed by atoms with Crippen LogP contribution in [0.1, 0.15) is 25.8 Å². The van der Waals surface area contributed by atoms with E-state index in [0.29, 0.717) is 12.1 Å². The van der Waals surface area contributed by atoms with Gasteiger partial charge in [-0.3, -0.25) is 10.3 Å². The SMILES string of the molecule is CCCNC(C)(C(=O)OC)c1cncc(F)c1. The lowest BCUT2D eigenvalue weighted by atomic mass is 9.93. The molecule has 0 saturated carbocycles. The van der Waals surface area contributed by atoms with Gasteiger partial charge in [-0.05, 0) is 26.0 Å². The zero-order valence-electron chi connectivity index (χ0n) is 10.3. The van der Waals surface area contributed by atoms with Crippen LogP contribution in [0.4, 0.5) is 4.39 Å². The van der Waals surface area contributed by atoms with E-state index in [1.54, 1.807) is 6.92 Å². The van der Waals surface area contributed by atoms with E-state index >= 15 is 0 Å². The molecular formula is C12H17FN2O2. The summed E-state index contributed by atoms with van der Waals surface area (Å²) >= 11 is 0. The van der Waals surface area contributed by atoms with Gasteiger partial charge in [0.1, 0.15) is 11.4 Å². The van der Waals surface area contributed by atoms with Gasteiger partial charge in [0.2, 0.25) is 0 Å². The molecule has 1 aromatic heterocycles. The third-order valence-electron chi connectivity index (χ3n) is 2.60. The summed E-state index contributed by atoms with van der Waals surface area (Å²) in [4.78, 5) is 15.6. The maximum Gasteiger partial charge on any atom is 0.330 e. The number of pyridine rings is 1. The molecule has 0 radical (unpaired) electrons. The lowest BCUT2D eigenvalue weighted by Gasteiger charge is -2.28. The van der Waals surface area contributed by atoms with Crippen LogP contribution in [0.3, 0.4) is 0 Å². The van der Waals surface area contributed by atoms with Gasteiger partial charge in [-0.1, -0.05) is 6.92 Å². The van der Waals surface area contributed by atoms with Gasteiger partial charge in [-0.15, -0.1) is 0 Å². The normalized spacial score (nSPS) is 14.1. The van der Waals surface area contributed by atoms with Crippen LogP contribution >= 0.6 is 0 Å². The fourth-order valence-electron chi connectivity index (χ4n) is 1.56. The van der Waals surface area contributed by atoms with Gasteiger partial charge in [0.05, 0.1) is 13.3 Å². The van der Waals surface area contributed by atoms with E-state index in [1.807, 2.05) is 6.92 Å². The summed E-state index contributed by atoms with van der Waals surface area (Å²) in [6, 6.07) is 1.28. The summed E-state index contributed by atoms with van der Waals surface area (Å²) in [5.74, 6) is -0.936. The lowest BCUT2D eigenvalue weighted by Crippen LogP contribution is -2.47. The summed E-state index contributed by atoms with van der Waals surface area (Å²) in [5, 5.41) is 3.06. The quantitative estimate of drug-likeness (QED) is 0.794. The van der Waals surface area contributed by atoms with Crippen LogP contribution in [-0.4, -0.2) is 24.6 Å². The van der Waals surface area contributed by atoms with Gasteiger partial charge in [-0.25, -0.2) is 9.18 Å². The number of nitrogens with one attached hydrogen (secondary N) is 1. The number of methoxy groups -OCH3 is 1. The highest BCUT2D eigenvalue weighted by Crippen LogP contribution is 2.22. The Hall–Kier alpha value is -1.49. The van der Waals surface area contributed by atoms with Crippen molar-refractivity contribution >= 4 is 5.97 Å². The summed E-state index contributed by atoms with van der Waals surface area (Å²) in [7, 11) is 1.31. The number of rotatable bonds is 5.